The Morgan fingerprint density at radius 2 is 1.60 bits per heavy atom. The first kappa shape index (κ1) is 15.3. The Labute approximate surface area is 121 Å². The van der Waals surface area contributed by atoms with Crippen molar-refractivity contribution in [2.45, 2.75) is 58.2 Å². The van der Waals surface area contributed by atoms with E-state index in [0.717, 1.165) is 24.6 Å². The molecule has 0 N–H and O–H groups in total. The molecule has 3 nitrogen and oxygen atoms in total. The molecule has 1 heterocycles. The first-order valence-corrected chi connectivity index (χ1v) is 7.24. The third kappa shape index (κ3) is 3.13. The van der Waals surface area contributed by atoms with Crippen molar-refractivity contribution in [3.63, 3.8) is 0 Å². The van der Waals surface area contributed by atoms with Crippen molar-refractivity contribution in [2.75, 3.05) is 0 Å². The van der Waals surface area contributed by atoms with Crippen LogP contribution in [-0.4, -0.2) is 24.6 Å². The number of hydrogen-bond acceptors (Lipinski definition) is 3. The largest absolute Gasteiger partial charge is 0.494 e. The van der Waals surface area contributed by atoms with Gasteiger partial charge in [0.15, 0.2) is 0 Å². The van der Waals surface area contributed by atoms with E-state index in [2.05, 4.69) is 52.0 Å². The average molecular weight is 274 g/mol. The molecule has 1 aromatic rings. The van der Waals surface area contributed by atoms with Gasteiger partial charge in [-0.15, -0.1) is 0 Å². The van der Waals surface area contributed by atoms with Crippen LogP contribution in [0.4, 0.5) is 0 Å². The van der Waals surface area contributed by atoms with Gasteiger partial charge in [-0.05, 0) is 51.6 Å². The van der Waals surface area contributed by atoms with E-state index in [4.69, 9.17) is 9.31 Å². The lowest BCUT2D eigenvalue weighted by Crippen LogP contribution is -2.41. The number of benzene rings is 1. The monoisotopic (exact) mass is 274 g/mol. The highest BCUT2D eigenvalue weighted by molar-refractivity contribution is 6.62. The van der Waals surface area contributed by atoms with Crippen molar-refractivity contribution in [3.8, 4) is 0 Å². The maximum Gasteiger partial charge on any atom is 0.494 e. The molecule has 0 radical (unpaired) electrons. The summed E-state index contributed by atoms with van der Waals surface area (Å²) in [4.78, 5) is 10.3. The SMILES string of the molecule is CC1(C)OB(c2ccc(CCCC=O)cc2)OC1(C)C. The maximum atomic E-state index is 10.3. The summed E-state index contributed by atoms with van der Waals surface area (Å²) in [6.07, 6.45) is 3.43. The summed E-state index contributed by atoms with van der Waals surface area (Å²) in [5.74, 6) is 0. The van der Waals surface area contributed by atoms with Gasteiger partial charge in [-0.25, -0.2) is 0 Å². The van der Waals surface area contributed by atoms with Crippen LogP contribution in [0.15, 0.2) is 24.3 Å². The van der Waals surface area contributed by atoms with E-state index in [0.29, 0.717) is 6.42 Å². The second-order valence-electron chi connectivity index (χ2n) is 6.39. The molecule has 0 bridgehead atoms. The molecule has 0 amide bonds. The smallest absolute Gasteiger partial charge is 0.399 e. The molecule has 1 aliphatic heterocycles. The molecule has 1 saturated heterocycles. The van der Waals surface area contributed by atoms with Crippen molar-refractivity contribution in [1.82, 2.24) is 0 Å². The average Bonchev–Trinajstić information content (AvgIpc) is 2.60. The number of carbonyl (C=O) groups is 1. The van der Waals surface area contributed by atoms with Crippen LogP contribution >= 0.6 is 0 Å². The molecule has 0 unspecified atom stereocenters. The van der Waals surface area contributed by atoms with Gasteiger partial charge < -0.3 is 14.1 Å². The van der Waals surface area contributed by atoms with E-state index in [9.17, 15) is 4.79 Å². The lowest BCUT2D eigenvalue weighted by Gasteiger charge is -2.32. The van der Waals surface area contributed by atoms with E-state index in [-0.39, 0.29) is 18.3 Å². The standard InChI is InChI=1S/C16H23BO3/c1-15(2)16(3,4)20-17(19-15)14-10-8-13(9-11-14)7-5-6-12-18/h8-12H,5-7H2,1-4H3. The minimum Gasteiger partial charge on any atom is -0.399 e. The highest BCUT2D eigenvalue weighted by Gasteiger charge is 2.51. The number of rotatable bonds is 5. The fourth-order valence-electron chi connectivity index (χ4n) is 2.21. The number of aryl methyl sites for hydroxylation is 1. The number of aldehydes is 1. The zero-order valence-corrected chi connectivity index (χ0v) is 12.8. The van der Waals surface area contributed by atoms with E-state index >= 15 is 0 Å². The van der Waals surface area contributed by atoms with E-state index < -0.39 is 0 Å². The first-order valence-electron chi connectivity index (χ1n) is 7.24. The van der Waals surface area contributed by atoms with Gasteiger partial charge in [0, 0.05) is 6.42 Å². The normalized spacial score (nSPS) is 20.1. The van der Waals surface area contributed by atoms with Gasteiger partial charge >= 0.3 is 7.12 Å². The predicted molar refractivity (Wildman–Crippen MR) is 81.2 cm³/mol. The molecule has 0 spiro atoms. The first-order chi connectivity index (χ1) is 9.36. The van der Waals surface area contributed by atoms with Gasteiger partial charge in [-0.1, -0.05) is 24.3 Å². The summed E-state index contributed by atoms with van der Waals surface area (Å²) in [6.45, 7) is 8.23. The second kappa shape index (κ2) is 5.70. The Bertz CT molecular complexity index is 449. The molecule has 1 aliphatic rings. The van der Waals surface area contributed by atoms with Crippen LogP contribution in [0.1, 0.15) is 46.1 Å². The summed E-state index contributed by atoms with van der Waals surface area (Å²) < 4.78 is 12.0. The van der Waals surface area contributed by atoms with Gasteiger partial charge in [-0.2, -0.15) is 0 Å². The van der Waals surface area contributed by atoms with Gasteiger partial charge in [0.2, 0.25) is 0 Å². The van der Waals surface area contributed by atoms with Crippen molar-refractivity contribution >= 4 is 18.9 Å². The molecule has 4 heteroatoms. The summed E-state index contributed by atoms with van der Waals surface area (Å²) in [5.41, 5.74) is 1.68. The fourth-order valence-corrected chi connectivity index (χ4v) is 2.21. The number of unbranched alkanes of at least 4 members (excludes halogenated alkanes) is 1. The number of carbonyl (C=O) groups excluding carboxylic acids is 1. The third-order valence-electron chi connectivity index (χ3n) is 4.29. The Morgan fingerprint density at radius 3 is 2.10 bits per heavy atom. The van der Waals surface area contributed by atoms with Crippen molar-refractivity contribution in [2.24, 2.45) is 0 Å². The van der Waals surface area contributed by atoms with Crippen molar-refractivity contribution in [1.29, 1.82) is 0 Å². The maximum absolute atomic E-state index is 10.3. The summed E-state index contributed by atoms with van der Waals surface area (Å²) >= 11 is 0. The Balaban J connectivity index is 2.03. The minimum atomic E-state index is -0.305. The zero-order chi connectivity index (χ0) is 14.8. The molecule has 20 heavy (non-hydrogen) atoms. The van der Waals surface area contributed by atoms with E-state index in [1.165, 1.54) is 5.56 Å². The van der Waals surface area contributed by atoms with Crippen LogP contribution in [0.3, 0.4) is 0 Å². The summed E-state index contributed by atoms with van der Waals surface area (Å²) in [6, 6.07) is 8.28. The molecule has 108 valence electrons. The Kier molecular flexibility index (Phi) is 4.35. The van der Waals surface area contributed by atoms with Gasteiger partial charge in [0.25, 0.3) is 0 Å². The molecular formula is C16H23BO3. The molecule has 0 atom stereocenters. The van der Waals surface area contributed by atoms with Crippen LogP contribution in [0.25, 0.3) is 0 Å². The topological polar surface area (TPSA) is 35.5 Å². The molecule has 0 aromatic heterocycles. The van der Waals surface area contributed by atoms with Crippen LogP contribution in [0.5, 0.6) is 0 Å². The molecule has 0 aliphatic carbocycles. The Morgan fingerprint density at radius 1 is 1.05 bits per heavy atom. The van der Waals surface area contributed by atoms with Crippen LogP contribution in [-0.2, 0) is 20.5 Å². The van der Waals surface area contributed by atoms with Crippen molar-refractivity contribution < 1.29 is 14.1 Å². The van der Waals surface area contributed by atoms with E-state index in [1.807, 2.05) is 0 Å². The van der Waals surface area contributed by atoms with Gasteiger partial charge in [0.05, 0.1) is 11.2 Å². The Hall–Kier alpha value is -1.13. The van der Waals surface area contributed by atoms with Gasteiger partial charge in [-0.3, -0.25) is 0 Å². The predicted octanol–water partition coefficient (Wildman–Crippen LogP) is 2.51. The molecule has 2 rings (SSSR count). The quantitative estimate of drug-likeness (QED) is 0.470. The van der Waals surface area contributed by atoms with Crippen LogP contribution in [0.2, 0.25) is 0 Å². The lowest BCUT2D eigenvalue weighted by atomic mass is 9.78. The fraction of sp³-hybridized carbons (Fsp3) is 0.562. The molecule has 0 saturated carbocycles. The highest BCUT2D eigenvalue weighted by atomic mass is 16.7. The van der Waals surface area contributed by atoms with E-state index in [1.54, 1.807) is 0 Å². The summed E-state index contributed by atoms with van der Waals surface area (Å²) in [5, 5.41) is 0. The molecule has 1 aromatic carbocycles. The third-order valence-corrected chi connectivity index (χ3v) is 4.29. The second-order valence-corrected chi connectivity index (χ2v) is 6.39. The van der Waals surface area contributed by atoms with Crippen LogP contribution in [0, 0.1) is 0 Å². The van der Waals surface area contributed by atoms with Gasteiger partial charge in [0.1, 0.15) is 6.29 Å². The highest BCUT2D eigenvalue weighted by Crippen LogP contribution is 2.36. The van der Waals surface area contributed by atoms with Crippen molar-refractivity contribution in [3.05, 3.63) is 29.8 Å². The zero-order valence-electron chi connectivity index (χ0n) is 12.8. The molecular weight excluding hydrogens is 251 g/mol. The molecule has 1 fully saturated rings. The van der Waals surface area contributed by atoms with Crippen LogP contribution < -0.4 is 5.46 Å². The number of hydrogen-bond donors (Lipinski definition) is 0. The summed E-state index contributed by atoms with van der Waals surface area (Å²) in [7, 11) is -0.302. The minimum absolute atomic E-state index is 0.302. The lowest BCUT2D eigenvalue weighted by molar-refractivity contribution is -0.107.